The molecule has 1 rings (SSSR count). The molecule has 1 amide bonds. The number of hydrogen-bond donors (Lipinski definition) is 0. The summed E-state index contributed by atoms with van der Waals surface area (Å²) >= 11 is 0. The highest BCUT2D eigenvalue weighted by Gasteiger charge is 2.37. The zero-order valence-corrected chi connectivity index (χ0v) is 8.47. The Kier molecular flexibility index (Phi) is 2.98. The summed E-state index contributed by atoms with van der Waals surface area (Å²) in [6.07, 6.45) is 9.54. The molecule has 0 bridgehead atoms. The van der Waals surface area contributed by atoms with Crippen molar-refractivity contribution in [3.05, 3.63) is 0 Å². The van der Waals surface area contributed by atoms with Crippen molar-refractivity contribution in [2.45, 2.75) is 32.6 Å². The summed E-state index contributed by atoms with van der Waals surface area (Å²) in [6, 6.07) is 0. The van der Waals surface area contributed by atoms with Gasteiger partial charge in [0.15, 0.2) is 0 Å². The standard InChI is InChI=1S/C11H17NO/c1-4-9-12(3)10(13)11(2)7-5-6-8-11/h1H,5-9H2,2-3H3. The predicted molar refractivity (Wildman–Crippen MR) is 53.0 cm³/mol. The Morgan fingerprint density at radius 2 is 2.08 bits per heavy atom. The molecule has 1 saturated carbocycles. The van der Waals surface area contributed by atoms with E-state index in [0.717, 1.165) is 12.8 Å². The largest absolute Gasteiger partial charge is 0.334 e. The minimum atomic E-state index is -0.133. The van der Waals surface area contributed by atoms with Gasteiger partial charge in [0.2, 0.25) is 5.91 Å². The number of carbonyl (C=O) groups excluding carboxylic acids is 1. The van der Waals surface area contributed by atoms with Crippen LogP contribution in [0, 0.1) is 17.8 Å². The quantitative estimate of drug-likeness (QED) is 0.590. The number of rotatable bonds is 2. The first-order valence-electron chi connectivity index (χ1n) is 4.79. The normalized spacial score (nSPS) is 19.5. The SMILES string of the molecule is C#CCN(C)C(=O)C1(C)CCCC1. The van der Waals surface area contributed by atoms with Crippen molar-refractivity contribution in [2.75, 3.05) is 13.6 Å². The molecular weight excluding hydrogens is 162 g/mol. The molecule has 0 radical (unpaired) electrons. The molecule has 0 spiro atoms. The second-order valence-corrected chi connectivity index (χ2v) is 4.13. The van der Waals surface area contributed by atoms with Gasteiger partial charge >= 0.3 is 0 Å². The van der Waals surface area contributed by atoms with Gasteiger partial charge in [-0.25, -0.2) is 0 Å². The summed E-state index contributed by atoms with van der Waals surface area (Å²) in [5.41, 5.74) is -0.133. The summed E-state index contributed by atoms with van der Waals surface area (Å²) in [5, 5.41) is 0. The Balaban J connectivity index is 2.61. The molecule has 2 nitrogen and oxygen atoms in total. The molecule has 1 aliphatic rings. The lowest BCUT2D eigenvalue weighted by atomic mass is 9.87. The van der Waals surface area contributed by atoms with Crippen molar-refractivity contribution in [1.82, 2.24) is 4.90 Å². The summed E-state index contributed by atoms with van der Waals surface area (Å²) < 4.78 is 0. The van der Waals surface area contributed by atoms with Gasteiger partial charge in [-0.2, -0.15) is 0 Å². The number of amides is 1. The molecule has 0 aliphatic heterocycles. The number of nitrogens with zero attached hydrogens (tertiary/aromatic N) is 1. The third-order valence-corrected chi connectivity index (χ3v) is 2.90. The topological polar surface area (TPSA) is 20.3 Å². The molecule has 0 N–H and O–H groups in total. The van der Waals surface area contributed by atoms with Crippen LogP contribution >= 0.6 is 0 Å². The van der Waals surface area contributed by atoms with Crippen LogP contribution in [0.4, 0.5) is 0 Å². The van der Waals surface area contributed by atoms with Gasteiger partial charge < -0.3 is 4.90 Å². The monoisotopic (exact) mass is 179 g/mol. The Morgan fingerprint density at radius 3 is 2.54 bits per heavy atom. The third kappa shape index (κ3) is 2.03. The van der Waals surface area contributed by atoms with E-state index in [1.54, 1.807) is 11.9 Å². The first-order valence-corrected chi connectivity index (χ1v) is 4.79. The average molecular weight is 179 g/mol. The van der Waals surface area contributed by atoms with Crippen molar-refractivity contribution in [1.29, 1.82) is 0 Å². The van der Waals surface area contributed by atoms with Gasteiger partial charge in [0.05, 0.1) is 6.54 Å². The van der Waals surface area contributed by atoms with Crippen molar-refractivity contribution < 1.29 is 4.79 Å². The molecule has 0 aromatic heterocycles. The van der Waals surface area contributed by atoms with Crippen LogP contribution in [0.3, 0.4) is 0 Å². The van der Waals surface area contributed by atoms with Crippen molar-refractivity contribution in [2.24, 2.45) is 5.41 Å². The highest BCUT2D eigenvalue weighted by Crippen LogP contribution is 2.38. The fraction of sp³-hybridized carbons (Fsp3) is 0.727. The minimum Gasteiger partial charge on any atom is -0.334 e. The van der Waals surface area contributed by atoms with Crippen LogP contribution in [-0.4, -0.2) is 24.4 Å². The first kappa shape index (κ1) is 10.1. The Hall–Kier alpha value is -0.970. The van der Waals surface area contributed by atoms with E-state index >= 15 is 0 Å². The molecular formula is C11H17NO. The third-order valence-electron chi connectivity index (χ3n) is 2.90. The summed E-state index contributed by atoms with van der Waals surface area (Å²) in [6.45, 7) is 2.48. The van der Waals surface area contributed by atoms with Gasteiger partial charge in [0.25, 0.3) is 0 Å². The van der Waals surface area contributed by atoms with E-state index < -0.39 is 0 Å². The molecule has 0 atom stereocenters. The van der Waals surface area contributed by atoms with Crippen molar-refractivity contribution >= 4 is 5.91 Å². The van der Waals surface area contributed by atoms with Gasteiger partial charge in [-0.3, -0.25) is 4.79 Å². The van der Waals surface area contributed by atoms with E-state index in [4.69, 9.17) is 6.42 Å². The van der Waals surface area contributed by atoms with Crippen LogP contribution < -0.4 is 0 Å². The molecule has 0 saturated heterocycles. The Labute approximate surface area is 80.3 Å². The average Bonchev–Trinajstić information content (AvgIpc) is 2.52. The summed E-state index contributed by atoms with van der Waals surface area (Å²) in [7, 11) is 1.78. The maximum Gasteiger partial charge on any atom is 0.229 e. The molecule has 0 heterocycles. The van der Waals surface area contributed by atoms with Crippen LogP contribution in [0.5, 0.6) is 0 Å². The number of terminal acetylenes is 1. The van der Waals surface area contributed by atoms with Gasteiger partial charge in [-0.05, 0) is 12.8 Å². The molecule has 0 aromatic rings. The van der Waals surface area contributed by atoms with E-state index in [1.807, 2.05) is 0 Å². The predicted octanol–water partition coefficient (Wildman–Crippen LogP) is 1.66. The van der Waals surface area contributed by atoms with Crippen molar-refractivity contribution in [3.63, 3.8) is 0 Å². The van der Waals surface area contributed by atoms with E-state index in [2.05, 4.69) is 12.8 Å². The van der Waals surface area contributed by atoms with E-state index in [-0.39, 0.29) is 11.3 Å². The molecule has 1 fully saturated rings. The maximum atomic E-state index is 11.9. The zero-order valence-electron chi connectivity index (χ0n) is 8.47. The molecule has 13 heavy (non-hydrogen) atoms. The van der Waals surface area contributed by atoms with Crippen LogP contribution in [0.15, 0.2) is 0 Å². The number of carbonyl (C=O) groups is 1. The van der Waals surface area contributed by atoms with Crippen LogP contribution in [0.25, 0.3) is 0 Å². The lowest BCUT2D eigenvalue weighted by Gasteiger charge is -2.27. The van der Waals surface area contributed by atoms with Crippen LogP contribution in [0.1, 0.15) is 32.6 Å². The summed E-state index contributed by atoms with van der Waals surface area (Å²) in [5.74, 6) is 2.71. The lowest BCUT2D eigenvalue weighted by Crippen LogP contribution is -2.38. The smallest absolute Gasteiger partial charge is 0.229 e. The molecule has 0 aromatic carbocycles. The maximum absolute atomic E-state index is 11.9. The molecule has 2 heteroatoms. The first-order chi connectivity index (χ1) is 6.10. The fourth-order valence-electron chi connectivity index (χ4n) is 2.04. The molecule has 0 unspecified atom stereocenters. The lowest BCUT2D eigenvalue weighted by molar-refractivity contribution is -0.138. The van der Waals surface area contributed by atoms with Gasteiger partial charge in [-0.1, -0.05) is 25.7 Å². The van der Waals surface area contributed by atoms with Gasteiger partial charge in [0, 0.05) is 12.5 Å². The van der Waals surface area contributed by atoms with E-state index in [9.17, 15) is 4.79 Å². The highest BCUT2D eigenvalue weighted by molar-refractivity contribution is 5.82. The molecule has 1 aliphatic carbocycles. The van der Waals surface area contributed by atoms with E-state index in [1.165, 1.54) is 12.8 Å². The Morgan fingerprint density at radius 1 is 1.54 bits per heavy atom. The second kappa shape index (κ2) is 3.83. The highest BCUT2D eigenvalue weighted by atomic mass is 16.2. The fourth-order valence-corrected chi connectivity index (χ4v) is 2.04. The van der Waals surface area contributed by atoms with Crippen LogP contribution in [0.2, 0.25) is 0 Å². The zero-order chi connectivity index (χ0) is 9.90. The second-order valence-electron chi connectivity index (χ2n) is 4.13. The number of hydrogen-bond acceptors (Lipinski definition) is 1. The Bertz CT molecular complexity index is 233. The van der Waals surface area contributed by atoms with Crippen molar-refractivity contribution in [3.8, 4) is 12.3 Å². The van der Waals surface area contributed by atoms with E-state index in [0.29, 0.717) is 6.54 Å². The van der Waals surface area contributed by atoms with Crippen LogP contribution in [-0.2, 0) is 4.79 Å². The van der Waals surface area contributed by atoms with Gasteiger partial charge in [-0.15, -0.1) is 6.42 Å². The minimum absolute atomic E-state index is 0.133. The summed E-state index contributed by atoms with van der Waals surface area (Å²) in [4.78, 5) is 13.5. The van der Waals surface area contributed by atoms with Gasteiger partial charge in [0.1, 0.15) is 0 Å². The molecule has 72 valence electrons.